The van der Waals surface area contributed by atoms with Gasteiger partial charge in [-0.3, -0.25) is 0 Å². The number of fused-ring (bicyclic) bond motifs is 2. The van der Waals surface area contributed by atoms with Crippen LogP contribution in [0.1, 0.15) is 25.5 Å². The van der Waals surface area contributed by atoms with Crippen molar-refractivity contribution >= 4 is 33.3 Å². The zero-order valence-electron chi connectivity index (χ0n) is 15.0. The largest absolute Gasteiger partial charge is 0.493 e. The molecule has 0 aliphatic carbocycles. The summed E-state index contributed by atoms with van der Waals surface area (Å²) in [7, 11) is 0. The minimum absolute atomic E-state index is 0.116. The van der Waals surface area contributed by atoms with Crippen LogP contribution < -0.4 is 0 Å². The standard InChI is InChI=1S/C21H20N4O/c1-13(2)25-18-11-7-5-9-16(18)20(21(25)26)24-23-19-12-14(3)15-8-4-6-10-17(15)22-19/h4-13,26H,1-3H3. The summed E-state index contributed by atoms with van der Waals surface area (Å²) in [5.41, 5.74) is 3.40. The molecule has 0 spiro atoms. The van der Waals surface area contributed by atoms with E-state index in [1.807, 2.05) is 79.9 Å². The molecule has 1 N–H and O–H groups in total. The van der Waals surface area contributed by atoms with Gasteiger partial charge >= 0.3 is 0 Å². The summed E-state index contributed by atoms with van der Waals surface area (Å²) >= 11 is 0. The van der Waals surface area contributed by atoms with E-state index in [-0.39, 0.29) is 11.9 Å². The SMILES string of the molecule is Cc1cc(N=Nc2c(O)n(C(C)C)c3ccccc23)nc2ccccc12. The summed E-state index contributed by atoms with van der Waals surface area (Å²) in [6.07, 6.45) is 0. The zero-order chi connectivity index (χ0) is 18.3. The monoisotopic (exact) mass is 344 g/mol. The molecule has 0 unspecified atom stereocenters. The van der Waals surface area contributed by atoms with E-state index in [4.69, 9.17) is 0 Å². The van der Waals surface area contributed by atoms with E-state index >= 15 is 0 Å². The first kappa shape index (κ1) is 16.3. The highest BCUT2D eigenvalue weighted by molar-refractivity contribution is 5.95. The summed E-state index contributed by atoms with van der Waals surface area (Å²) in [5, 5.41) is 21.3. The van der Waals surface area contributed by atoms with Gasteiger partial charge in [0.05, 0.1) is 11.0 Å². The fourth-order valence-corrected chi connectivity index (χ4v) is 3.34. The Balaban J connectivity index is 1.84. The Morgan fingerprint density at radius 1 is 0.962 bits per heavy atom. The molecule has 0 aliphatic heterocycles. The number of aromatic nitrogens is 2. The fourth-order valence-electron chi connectivity index (χ4n) is 3.34. The third kappa shape index (κ3) is 2.62. The van der Waals surface area contributed by atoms with Crippen LogP contribution in [0.4, 0.5) is 11.5 Å². The molecular formula is C21H20N4O. The smallest absolute Gasteiger partial charge is 0.221 e. The van der Waals surface area contributed by atoms with Crippen LogP contribution in [0.25, 0.3) is 21.8 Å². The summed E-state index contributed by atoms with van der Waals surface area (Å²) < 4.78 is 1.86. The normalized spacial score (nSPS) is 12.0. The highest BCUT2D eigenvalue weighted by Gasteiger charge is 2.18. The maximum Gasteiger partial charge on any atom is 0.221 e. The van der Waals surface area contributed by atoms with Crippen molar-refractivity contribution in [3.05, 3.63) is 60.2 Å². The molecule has 0 saturated heterocycles. The number of pyridine rings is 1. The molecule has 0 fully saturated rings. The van der Waals surface area contributed by atoms with E-state index < -0.39 is 0 Å². The Hall–Kier alpha value is -3.21. The van der Waals surface area contributed by atoms with Crippen molar-refractivity contribution in [2.75, 3.05) is 0 Å². The number of nitrogens with zero attached hydrogens (tertiary/aromatic N) is 4. The Morgan fingerprint density at radius 3 is 2.42 bits per heavy atom. The van der Waals surface area contributed by atoms with Crippen molar-refractivity contribution in [1.82, 2.24) is 9.55 Å². The first-order valence-electron chi connectivity index (χ1n) is 8.66. The van der Waals surface area contributed by atoms with E-state index in [1.165, 1.54) is 0 Å². The maximum absolute atomic E-state index is 10.7. The number of aromatic hydroxyl groups is 1. The molecule has 0 bridgehead atoms. The molecule has 4 rings (SSSR count). The van der Waals surface area contributed by atoms with Crippen molar-refractivity contribution in [3.63, 3.8) is 0 Å². The van der Waals surface area contributed by atoms with E-state index in [1.54, 1.807) is 0 Å². The molecule has 0 radical (unpaired) electrons. The molecule has 2 heterocycles. The van der Waals surface area contributed by atoms with Crippen molar-refractivity contribution in [3.8, 4) is 5.88 Å². The third-order valence-electron chi connectivity index (χ3n) is 4.54. The van der Waals surface area contributed by atoms with E-state index in [0.717, 1.165) is 27.4 Å². The van der Waals surface area contributed by atoms with Crippen molar-refractivity contribution in [1.29, 1.82) is 0 Å². The van der Waals surface area contributed by atoms with Crippen LogP contribution in [0.15, 0.2) is 64.8 Å². The van der Waals surface area contributed by atoms with Gasteiger partial charge in [0.1, 0.15) is 0 Å². The van der Waals surface area contributed by atoms with Gasteiger partial charge in [0.25, 0.3) is 0 Å². The molecule has 5 nitrogen and oxygen atoms in total. The van der Waals surface area contributed by atoms with Gasteiger partial charge in [0, 0.05) is 16.8 Å². The Kier molecular flexibility index (Phi) is 3.92. The van der Waals surface area contributed by atoms with E-state index in [2.05, 4.69) is 15.2 Å². The molecule has 5 heteroatoms. The highest BCUT2D eigenvalue weighted by Crippen LogP contribution is 2.41. The van der Waals surface area contributed by atoms with Crippen LogP contribution in [-0.4, -0.2) is 14.7 Å². The van der Waals surface area contributed by atoms with Crippen LogP contribution in [-0.2, 0) is 0 Å². The van der Waals surface area contributed by atoms with Gasteiger partial charge in [0.2, 0.25) is 5.88 Å². The number of aryl methyl sites for hydroxylation is 1. The lowest BCUT2D eigenvalue weighted by Gasteiger charge is -2.10. The van der Waals surface area contributed by atoms with Crippen LogP contribution in [0.5, 0.6) is 5.88 Å². The van der Waals surface area contributed by atoms with Crippen LogP contribution >= 0.6 is 0 Å². The number of benzene rings is 2. The second kappa shape index (κ2) is 6.26. The van der Waals surface area contributed by atoms with Gasteiger partial charge in [-0.15, -0.1) is 10.2 Å². The predicted octanol–water partition coefficient (Wildman–Crippen LogP) is 6.20. The van der Waals surface area contributed by atoms with Gasteiger partial charge < -0.3 is 9.67 Å². The van der Waals surface area contributed by atoms with Gasteiger partial charge in [0.15, 0.2) is 11.5 Å². The van der Waals surface area contributed by atoms with Crippen LogP contribution in [0.2, 0.25) is 0 Å². The molecule has 0 amide bonds. The quantitative estimate of drug-likeness (QED) is 0.450. The second-order valence-electron chi connectivity index (χ2n) is 6.67. The van der Waals surface area contributed by atoms with Gasteiger partial charge in [-0.2, -0.15) is 0 Å². The number of para-hydroxylation sites is 2. The minimum atomic E-state index is 0.116. The third-order valence-corrected chi connectivity index (χ3v) is 4.54. The summed E-state index contributed by atoms with van der Waals surface area (Å²) in [4.78, 5) is 4.55. The maximum atomic E-state index is 10.7. The topological polar surface area (TPSA) is 62.8 Å². The van der Waals surface area contributed by atoms with E-state index in [9.17, 15) is 5.11 Å². The fraction of sp³-hybridized carbons (Fsp3) is 0.190. The first-order chi connectivity index (χ1) is 12.6. The van der Waals surface area contributed by atoms with Gasteiger partial charge in [-0.25, -0.2) is 4.98 Å². The molecule has 2 aromatic heterocycles. The summed E-state index contributed by atoms with van der Waals surface area (Å²) in [6.45, 7) is 6.09. The van der Waals surface area contributed by atoms with Gasteiger partial charge in [-0.05, 0) is 44.5 Å². The molecule has 0 atom stereocenters. The van der Waals surface area contributed by atoms with Crippen molar-refractivity contribution in [2.24, 2.45) is 10.2 Å². The number of rotatable bonds is 3. The predicted molar refractivity (Wildman–Crippen MR) is 105 cm³/mol. The van der Waals surface area contributed by atoms with E-state index in [0.29, 0.717) is 11.5 Å². The lowest BCUT2D eigenvalue weighted by Crippen LogP contribution is -1.98. The molecular weight excluding hydrogens is 324 g/mol. The second-order valence-corrected chi connectivity index (χ2v) is 6.67. The lowest BCUT2D eigenvalue weighted by atomic mass is 10.1. The van der Waals surface area contributed by atoms with Crippen molar-refractivity contribution in [2.45, 2.75) is 26.8 Å². The highest BCUT2D eigenvalue weighted by atomic mass is 16.3. The Bertz CT molecular complexity index is 1140. The van der Waals surface area contributed by atoms with Crippen molar-refractivity contribution < 1.29 is 5.11 Å². The molecule has 0 saturated carbocycles. The average molecular weight is 344 g/mol. The molecule has 0 aliphatic rings. The Morgan fingerprint density at radius 2 is 1.65 bits per heavy atom. The summed E-state index contributed by atoms with van der Waals surface area (Å²) in [5.74, 6) is 0.657. The van der Waals surface area contributed by atoms with Crippen LogP contribution in [0, 0.1) is 6.92 Å². The lowest BCUT2D eigenvalue weighted by molar-refractivity contribution is 0.407. The summed E-state index contributed by atoms with van der Waals surface area (Å²) in [6, 6.07) is 17.8. The van der Waals surface area contributed by atoms with Crippen LogP contribution in [0.3, 0.4) is 0 Å². The molecule has 2 aromatic carbocycles. The first-order valence-corrected chi connectivity index (χ1v) is 8.66. The number of azo groups is 1. The number of hydrogen-bond donors (Lipinski definition) is 1. The Labute approximate surface area is 151 Å². The molecule has 26 heavy (non-hydrogen) atoms. The molecule has 130 valence electrons. The molecule has 4 aromatic rings. The number of hydrogen-bond acceptors (Lipinski definition) is 4. The minimum Gasteiger partial charge on any atom is -0.493 e. The average Bonchev–Trinajstić information content (AvgIpc) is 2.91. The van der Waals surface area contributed by atoms with Gasteiger partial charge in [-0.1, -0.05) is 36.4 Å². The zero-order valence-corrected chi connectivity index (χ0v) is 15.0.